The highest BCUT2D eigenvalue weighted by Gasteiger charge is 2.03. The molecule has 1 N–H and O–H groups in total. The van der Waals surface area contributed by atoms with Crippen molar-refractivity contribution in [3.8, 4) is 0 Å². The molecule has 0 unspecified atom stereocenters. The van der Waals surface area contributed by atoms with Crippen molar-refractivity contribution in [2.45, 2.75) is 39.5 Å². The van der Waals surface area contributed by atoms with Gasteiger partial charge >= 0.3 is 5.97 Å². The van der Waals surface area contributed by atoms with Crippen LogP contribution in [0.1, 0.15) is 36.0 Å². The molecule has 0 radical (unpaired) electrons. The van der Waals surface area contributed by atoms with E-state index in [-0.39, 0.29) is 6.42 Å². The van der Waals surface area contributed by atoms with Crippen molar-refractivity contribution in [1.82, 2.24) is 0 Å². The largest absolute Gasteiger partial charge is 0.481 e. The minimum absolute atomic E-state index is 0.272. The molecule has 0 atom stereocenters. The number of halogens is 1. The first-order chi connectivity index (χ1) is 7.50. The molecule has 0 fully saturated rings. The summed E-state index contributed by atoms with van der Waals surface area (Å²) < 4.78 is 1.14. The highest BCUT2D eigenvalue weighted by molar-refractivity contribution is 9.10. The average Bonchev–Trinajstić information content (AvgIpc) is 2.19. The van der Waals surface area contributed by atoms with Gasteiger partial charge in [-0.15, -0.1) is 0 Å². The second kappa shape index (κ2) is 6.04. The number of hydrogen-bond donors (Lipinski definition) is 1. The molecule has 1 aromatic rings. The summed E-state index contributed by atoms with van der Waals surface area (Å²) in [4.78, 5) is 10.4. The van der Waals surface area contributed by atoms with Crippen LogP contribution in [0.25, 0.3) is 0 Å². The zero-order chi connectivity index (χ0) is 12.1. The van der Waals surface area contributed by atoms with Crippen LogP contribution in [0, 0.1) is 13.8 Å². The van der Waals surface area contributed by atoms with Gasteiger partial charge in [0.1, 0.15) is 0 Å². The fraction of sp³-hybridized carbons (Fsp3) is 0.462. The number of benzene rings is 1. The van der Waals surface area contributed by atoms with E-state index in [0.717, 1.165) is 23.7 Å². The van der Waals surface area contributed by atoms with Crippen LogP contribution in [0.15, 0.2) is 16.6 Å². The van der Waals surface area contributed by atoms with Crippen molar-refractivity contribution in [2.75, 3.05) is 0 Å². The Kier molecular flexibility index (Phi) is 5.00. The summed E-state index contributed by atoms with van der Waals surface area (Å²) in [6.45, 7) is 4.17. The second-order valence-electron chi connectivity index (χ2n) is 4.13. The Hall–Kier alpha value is -0.830. The Morgan fingerprint density at radius 2 is 1.94 bits per heavy atom. The van der Waals surface area contributed by atoms with Crippen LogP contribution in [0.5, 0.6) is 0 Å². The van der Waals surface area contributed by atoms with Crippen molar-refractivity contribution >= 4 is 21.9 Å². The van der Waals surface area contributed by atoms with Crippen LogP contribution in [-0.2, 0) is 11.2 Å². The molecule has 0 bridgehead atoms. The summed E-state index contributed by atoms with van der Waals surface area (Å²) >= 11 is 3.50. The van der Waals surface area contributed by atoms with E-state index in [1.165, 1.54) is 16.7 Å². The van der Waals surface area contributed by atoms with E-state index in [2.05, 4.69) is 41.9 Å². The summed E-state index contributed by atoms with van der Waals surface area (Å²) in [6, 6.07) is 4.31. The van der Waals surface area contributed by atoms with E-state index < -0.39 is 5.97 Å². The van der Waals surface area contributed by atoms with Crippen LogP contribution < -0.4 is 0 Å². The van der Waals surface area contributed by atoms with E-state index in [1.807, 2.05) is 0 Å². The fourth-order valence-electron chi connectivity index (χ4n) is 1.70. The molecule has 0 aromatic heterocycles. The third-order valence-electron chi connectivity index (χ3n) is 2.70. The Morgan fingerprint density at radius 3 is 2.56 bits per heavy atom. The quantitative estimate of drug-likeness (QED) is 0.834. The van der Waals surface area contributed by atoms with Gasteiger partial charge in [0.2, 0.25) is 0 Å². The molecule has 0 spiro atoms. The van der Waals surface area contributed by atoms with E-state index in [9.17, 15) is 4.79 Å². The lowest BCUT2D eigenvalue weighted by molar-refractivity contribution is -0.137. The predicted octanol–water partition coefficient (Wildman–Crippen LogP) is 3.86. The Morgan fingerprint density at radius 1 is 1.25 bits per heavy atom. The van der Waals surface area contributed by atoms with Gasteiger partial charge in [-0.25, -0.2) is 0 Å². The van der Waals surface area contributed by atoms with Crippen LogP contribution in [0.3, 0.4) is 0 Å². The average molecular weight is 285 g/mol. The lowest BCUT2D eigenvalue weighted by Gasteiger charge is -2.08. The summed E-state index contributed by atoms with van der Waals surface area (Å²) in [5.74, 6) is -0.705. The van der Waals surface area contributed by atoms with Gasteiger partial charge in [-0.05, 0) is 55.9 Å². The molecule has 0 amide bonds. The van der Waals surface area contributed by atoms with Gasteiger partial charge in [0, 0.05) is 10.9 Å². The zero-order valence-electron chi connectivity index (χ0n) is 9.72. The summed E-state index contributed by atoms with van der Waals surface area (Å²) in [7, 11) is 0. The van der Waals surface area contributed by atoms with Crippen molar-refractivity contribution < 1.29 is 9.90 Å². The number of carbonyl (C=O) groups is 1. The standard InChI is InChI=1S/C13H17BrO2/c1-9-8-12(14)10(2)7-11(9)5-3-4-6-13(15)16/h7-8H,3-6H2,1-2H3,(H,15,16). The molecule has 0 saturated carbocycles. The first-order valence-electron chi connectivity index (χ1n) is 5.48. The van der Waals surface area contributed by atoms with Crippen LogP contribution in [0.4, 0.5) is 0 Å². The van der Waals surface area contributed by atoms with Crippen LogP contribution >= 0.6 is 15.9 Å². The van der Waals surface area contributed by atoms with Crippen molar-refractivity contribution in [2.24, 2.45) is 0 Å². The third-order valence-corrected chi connectivity index (χ3v) is 3.56. The molecule has 0 aliphatic heterocycles. The van der Waals surface area contributed by atoms with Crippen LogP contribution in [0.2, 0.25) is 0 Å². The number of aliphatic carboxylic acids is 1. The fourth-order valence-corrected chi connectivity index (χ4v) is 2.16. The van der Waals surface area contributed by atoms with Gasteiger partial charge in [0.05, 0.1) is 0 Å². The van der Waals surface area contributed by atoms with E-state index >= 15 is 0 Å². The molecule has 0 heterocycles. The number of rotatable bonds is 5. The molecule has 1 rings (SSSR count). The van der Waals surface area contributed by atoms with Gasteiger partial charge in [-0.1, -0.05) is 22.0 Å². The number of hydrogen-bond acceptors (Lipinski definition) is 1. The van der Waals surface area contributed by atoms with Gasteiger partial charge in [0.25, 0.3) is 0 Å². The second-order valence-corrected chi connectivity index (χ2v) is 4.98. The maximum atomic E-state index is 10.4. The van der Waals surface area contributed by atoms with Gasteiger partial charge in [0.15, 0.2) is 0 Å². The molecule has 0 saturated heterocycles. The van der Waals surface area contributed by atoms with Crippen LogP contribution in [-0.4, -0.2) is 11.1 Å². The molecule has 2 nitrogen and oxygen atoms in total. The normalized spacial score (nSPS) is 10.4. The van der Waals surface area contributed by atoms with E-state index in [1.54, 1.807) is 0 Å². The SMILES string of the molecule is Cc1cc(CCCCC(=O)O)c(C)cc1Br. The molecule has 0 aliphatic rings. The van der Waals surface area contributed by atoms with Gasteiger partial charge < -0.3 is 5.11 Å². The van der Waals surface area contributed by atoms with E-state index in [0.29, 0.717) is 0 Å². The monoisotopic (exact) mass is 284 g/mol. The lowest BCUT2D eigenvalue weighted by atomic mass is 10.00. The number of unbranched alkanes of at least 4 members (excludes halogenated alkanes) is 1. The number of carboxylic acids is 1. The number of aryl methyl sites for hydroxylation is 3. The highest BCUT2D eigenvalue weighted by Crippen LogP contribution is 2.22. The Labute approximate surface area is 105 Å². The molecule has 3 heteroatoms. The van der Waals surface area contributed by atoms with Crippen molar-refractivity contribution in [1.29, 1.82) is 0 Å². The van der Waals surface area contributed by atoms with Gasteiger partial charge in [-0.3, -0.25) is 4.79 Å². The maximum absolute atomic E-state index is 10.4. The Balaban J connectivity index is 2.54. The lowest BCUT2D eigenvalue weighted by Crippen LogP contribution is -1.96. The zero-order valence-corrected chi connectivity index (χ0v) is 11.3. The summed E-state index contributed by atoms with van der Waals surface area (Å²) in [5, 5.41) is 8.54. The molecular formula is C13H17BrO2. The van der Waals surface area contributed by atoms with E-state index in [4.69, 9.17) is 5.11 Å². The summed E-state index contributed by atoms with van der Waals surface area (Å²) in [5.41, 5.74) is 3.83. The van der Waals surface area contributed by atoms with Gasteiger partial charge in [-0.2, -0.15) is 0 Å². The Bertz CT molecular complexity index is 386. The molecule has 1 aromatic carbocycles. The number of carboxylic acid groups (broad SMARTS) is 1. The third kappa shape index (κ3) is 3.97. The topological polar surface area (TPSA) is 37.3 Å². The van der Waals surface area contributed by atoms with Crippen molar-refractivity contribution in [3.63, 3.8) is 0 Å². The predicted molar refractivity (Wildman–Crippen MR) is 68.8 cm³/mol. The first-order valence-corrected chi connectivity index (χ1v) is 6.27. The summed E-state index contributed by atoms with van der Waals surface area (Å²) in [6.07, 6.45) is 2.93. The minimum Gasteiger partial charge on any atom is -0.481 e. The highest BCUT2D eigenvalue weighted by atomic mass is 79.9. The molecule has 0 aliphatic carbocycles. The minimum atomic E-state index is -0.705. The maximum Gasteiger partial charge on any atom is 0.303 e. The molecular weight excluding hydrogens is 268 g/mol. The molecule has 16 heavy (non-hydrogen) atoms. The molecule has 88 valence electrons. The smallest absolute Gasteiger partial charge is 0.303 e. The van der Waals surface area contributed by atoms with Crippen molar-refractivity contribution in [3.05, 3.63) is 33.3 Å². The first kappa shape index (κ1) is 13.2.